The third kappa shape index (κ3) is 3.42. The van der Waals surface area contributed by atoms with Crippen LogP contribution in [0, 0.1) is 6.92 Å². The number of methoxy groups -OCH3 is 1. The number of esters is 1. The number of hydrogen-bond donors (Lipinski definition) is 2. The fourth-order valence-corrected chi connectivity index (χ4v) is 1.50. The van der Waals surface area contributed by atoms with Crippen LogP contribution >= 0.6 is 0 Å². The molecule has 3 N–H and O–H groups in total. The van der Waals surface area contributed by atoms with Gasteiger partial charge in [0.05, 0.1) is 18.4 Å². The SMILES string of the molecule is CCC(CN)Nc1ccc(C(=O)OC)c(C)n1. The van der Waals surface area contributed by atoms with Crippen LogP contribution in [-0.2, 0) is 4.74 Å². The standard InChI is InChI=1S/C12H19N3O2/c1-4-9(7-13)15-11-6-5-10(8(2)14-11)12(16)17-3/h5-6,9H,4,7,13H2,1-3H3,(H,14,15). The predicted octanol–water partition coefficient (Wildman–Crippen LogP) is 1.33. The van der Waals surface area contributed by atoms with Gasteiger partial charge in [0.1, 0.15) is 5.82 Å². The van der Waals surface area contributed by atoms with Crippen molar-refractivity contribution >= 4 is 11.8 Å². The molecule has 0 aliphatic rings. The molecule has 0 spiro atoms. The lowest BCUT2D eigenvalue weighted by atomic mass is 10.2. The second-order valence-electron chi connectivity index (χ2n) is 3.81. The summed E-state index contributed by atoms with van der Waals surface area (Å²) in [4.78, 5) is 15.7. The van der Waals surface area contributed by atoms with E-state index in [0.717, 1.165) is 12.2 Å². The second kappa shape index (κ2) is 6.20. The van der Waals surface area contributed by atoms with E-state index in [1.807, 2.05) is 0 Å². The Morgan fingerprint density at radius 3 is 2.76 bits per heavy atom. The minimum Gasteiger partial charge on any atom is -0.465 e. The molecule has 0 fully saturated rings. The zero-order valence-corrected chi connectivity index (χ0v) is 10.5. The van der Waals surface area contributed by atoms with Crippen molar-refractivity contribution in [1.82, 2.24) is 4.98 Å². The molecule has 1 unspecified atom stereocenters. The van der Waals surface area contributed by atoms with Crippen LogP contribution in [-0.4, -0.2) is 30.6 Å². The number of carbonyl (C=O) groups is 1. The number of rotatable bonds is 5. The maximum atomic E-state index is 11.4. The van der Waals surface area contributed by atoms with Crippen LogP contribution in [0.25, 0.3) is 0 Å². The fraction of sp³-hybridized carbons (Fsp3) is 0.500. The van der Waals surface area contributed by atoms with E-state index in [2.05, 4.69) is 22.0 Å². The van der Waals surface area contributed by atoms with E-state index >= 15 is 0 Å². The van der Waals surface area contributed by atoms with Gasteiger partial charge in [-0.05, 0) is 25.5 Å². The van der Waals surface area contributed by atoms with Crippen molar-refractivity contribution in [3.63, 3.8) is 0 Å². The molecule has 94 valence electrons. The lowest BCUT2D eigenvalue weighted by Gasteiger charge is -2.16. The van der Waals surface area contributed by atoms with Crippen LogP contribution in [0.1, 0.15) is 29.4 Å². The number of nitrogens with two attached hydrogens (primary N) is 1. The molecule has 17 heavy (non-hydrogen) atoms. The van der Waals surface area contributed by atoms with Gasteiger partial charge in [0, 0.05) is 12.6 Å². The Balaban J connectivity index is 2.85. The normalized spacial score (nSPS) is 12.0. The van der Waals surface area contributed by atoms with Crippen molar-refractivity contribution in [3.05, 3.63) is 23.4 Å². The first-order chi connectivity index (χ1) is 8.12. The second-order valence-corrected chi connectivity index (χ2v) is 3.81. The summed E-state index contributed by atoms with van der Waals surface area (Å²) >= 11 is 0. The average Bonchev–Trinajstić information content (AvgIpc) is 2.35. The summed E-state index contributed by atoms with van der Waals surface area (Å²) in [6, 6.07) is 3.67. The summed E-state index contributed by atoms with van der Waals surface area (Å²) in [6.45, 7) is 4.39. The molecule has 0 amide bonds. The summed E-state index contributed by atoms with van der Waals surface area (Å²) in [6.07, 6.45) is 0.927. The van der Waals surface area contributed by atoms with Crippen LogP contribution in [0.4, 0.5) is 5.82 Å². The van der Waals surface area contributed by atoms with E-state index in [1.165, 1.54) is 7.11 Å². The third-order valence-electron chi connectivity index (χ3n) is 2.62. The molecule has 0 aliphatic heterocycles. The van der Waals surface area contributed by atoms with Gasteiger partial charge in [-0.25, -0.2) is 9.78 Å². The van der Waals surface area contributed by atoms with Crippen LogP contribution < -0.4 is 11.1 Å². The highest BCUT2D eigenvalue weighted by Crippen LogP contribution is 2.12. The Bertz CT molecular complexity index is 389. The topological polar surface area (TPSA) is 77.2 Å². The molecule has 0 saturated heterocycles. The van der Waals surface area contributed by atoms with Crippen LogP contribution in [0.3, 0.4) is 0 Å². The first kappa shape index (κ1) is 13.4. The molecular weight excluding hydrogens is 218 g/mol. The van der Waals surface area contributed by atoms with Crippen molar-refractivity contribution in [2.45, 2.75) is 26.3 Å². The number of aromatic nitrogens is 1. The van der Waals surface area contributed by atoms with Gasteiger partial charge in [0.2, 0.25) is 0 Å². The molecule has 0 radical (unpaired) electrons. The molecular formula is C12H19N3O2. The number of carbonyl (C=O) groups excluding carboxylic acids is 1. The van der Waals surface area contributed by atoms with Crippen molar-refractivity contribution in [3.8, 4) is 0 Å². The molecule has 1 heterocycles. The van der Waals surface area contributed by atoms with Gasteiger partial charge in [-0.1, -0.05) is 6.92 Å². The first-order valence-electron chi connectivity index (χ1n) is 5.64. The highest BCUT2D eigenvalue weighted by Gasteiger charge is 2.11. The summed E-state index contributed by atoms with van der Waals surface area (Å²) in [7, 11) is 1.36. The van der Waals surface area contributed by atoms with E-state index in [-0.39, 0.29) is 12.0 Å². The Morgan fingerprint density at radius 1 is 1.59 bits per heavy atom. The number of hydrogen-bond acceptors (Lipinski definition) is 5. The van der Waals surface area contributed by atoms with Crippen molar-refractivity contribution in [2.75, 3.05) is 19.0 Å². The summed E-state index contributed by atoms with van der Waals surface area (Å²) in [5.74, 6) is 0.361. The van der Waals surface area contributed by atoms with Gasteiger partial charge >= 0.3 is 5.97 Å². The van der Waals surface area contributed by atoms with E-state index in [1.54, 1.807) is 19.1 Å². The fourth-order valence-electron chi connectivity index (χ4n) is 1.50. The van der Waals surface area contributed by atoms with E-state index in [9.17, 15) is 4.79 Å². The largest absolute Gasteiger partial charge is 0.465 e. The number of nitrogens with one attached hydrogen (secondary N) is 1. The van der Waals surface area contributed by atoms with Crippen LogP contribution in [0.15, 0.2) is 12.1 Å². The first-order valence-corrected chi connectivity index (χ1v) is 5.64. The van der Waals surface area contributed by atoms with Crippen molar-refractivity contribution in [1.29, 1.82) is 0 Å². The van der Waals surface area contributed by atoms with E-state index in [0.29, 0.717) is 17.8 Å². The molecule has 1 atom stereocenters. The van der Waals surface area contributed by atoms with Crippen LogP contribution in [0.2, 0.25) is 0 Å². The maximum absolute atomic E-state index is 11.4. The Labute approximate surface area is 101 Å². The van der Waals surface area contributed by atoms with Gasteiger partial charge in [-0.15, -0.1) is 0 Å². The van der Waals surface area contributed by atoms with Gasteiger partial charge in [0.15, 0.2) is 0 Å². The monoisotopic (exact) mass is 237 g/mol. The third-order valence-corrected chi connectivity index (χ3v) is 2.62. The van der Waals surface area contributed by atoms with Crippen LogP contribution in [0.5, 0.6) is 0 Å². The summed E-state index contributed by atoms with van der Waals surface area (Å²) in [5, 5.41) is 3.22. The highest BCUT2D eigenvalue weighted by atomic mass is 16.5. The number of pyridine rings is 1. The number of ether oxygens (including phenoxy) is 1. The molecule has 1 aromatic rings. The number of aryl methyl sites for hydroxylation is 1. The average molecular weight is 237 g/mol. The van der Waals surface area contributed by atoms with E-state index in [4.69, 9.17) is 5.73 Å². The molecule has 0 aliphatic carbocycles. The van der Waals surface area contributed by atoms with Gasteiger partial charge in [-0.3, -0.25) is 0 Å². The highest BCUT2D eigenvalue weighted by molar-refractivity contribution is 5.90. The van der Waals surface area contributed by atoms with E-state index < -0.39 is 0 Å². The quantitative estimate of drug-likeness (QED) is 0.755. The Kier molecular flexibility index (Phi) is 4.90. The molecule has 1 aromatic heterocycles. The zero-order valence-electron chi connectivity index (χ0n) is 10.5. The lowest BCUT2D eigenvalue weighted by Crippen LogP contribution is -2.28. The van der Waals surface area contributed by atoms with Gasteiger partial charge in [0.25, 0.3) is 0 Å². The number of nitrogens with zero attached hydrogens (tertiary/aromatic N) is 1. The molecule has 0 aromatic carbocycles. The summed E-state index contributed by atoms with van der Waals surface area (Å²) in [5.41, 5.74) is 6.74. The smallest absolute Gasteiger partial charge is 0.339 e. The van der Waals surface area contributed by atoms with Gasteiger partial charge < -0.3 is 15.8 Å². The summed E-state index contributed by atoms with van der Waals surface area (Å²) < 4.78 is 4.66. The van der Waals surface area contributed by atoms with Gasteiger partial charge in [-0.2, -0.15) is 0 Å². The molecule has 5 nitrogen and oxygen atoms in total. The lowest BCUT2D eigenvalue weighted by molar-refractivity contribution is 0.0599. The predicted molar refractivity (Wildman–Crippen MR) is 67.1 cm³/mol. The molecule has 1 rings (SSSR count). The Morgan fingerprint density at radius 2 is 2.29 bits per heavy atom. The minimum atomic E-state index is -0.368. The molecule has 5 heteroatoms. The minimum absolute atomic E-state index is 0.200. The number of anilines is 1. The van der Waals surface area contributed by atoms with Crippen molar-refractivity contribution < 1.29 is 9.53 Å². The maximum Gasteiger partial charge on any atom is 0.339 e. The Hall–Kier alpha value is -1.62. The zero-order chi connectivity index (χ0) is 12.8. The molecule has 0 bridgehead atoms. The molecule has 0 saturated carbocycles. The van der Waals surface area contributed by atoms with Crippen molar-refractivity contribution in [2.24, 2.45) is 5.73 Å².